The van der Waals surface area contributed by atoms with Crippen LogP contribution in [0.5, 0.6) is 0 Å². The minimum Gasteiger partial charge on any atom is -0.466 e. The Bertz CT molecular complexity index is 523. The van der Waals surface area contributed by atoms with Gasteiger partial charge in [-0.15, -0.1) is 0 Å². The molecule has 7 heteroatoms. The highest BCUT2D eigenvalue weighted by molar-refractivity contribution is 6.48. The maximum atomic E-state index is 13.0. The normalized spacial score (nSPS) is 23.6. The molecule has 27 heavy (non-hydrogen) atoms. The summed E-state index contributed by atoms with van der Waals surface area (Å²) in [6, 6.07) is 0. The van der Waals surface area contributed by atoms with E-state index in [0.717, 1.165) is 0 Å². The van der Waals surface area contributed by atoms with Crippen LogP contribution in [0.25, 0.3) is 0 Å². The molecule has 0 aromatic carbocycles. The molecule has 0 bridgehead atoms. The van der Waals surface area contributed by atoms with Crippen LogP contribution in [-0.4, -0.2) is 50.5 Å². The number of ether oxygens (including phenoxy) is 2. The molecule has 0 spiro atoms. The van der Waals surface area contributed by atoms with Gasteiger partial charge in [-0.05, 0) is 58.5 Å². The van der Waals surface area contributed by atoms with Crippen molar-refractivity contribution in [2.45, 2.75) is 92.1 Å². The van der Waals surface area contributed by atoms with E-state index in [2.05, 4.69) is 33.9 Å². The summed E-state index contributed by atoms with van der Waals surface area (Å²) >= 11 is 0. The number of likely N-dealkylation sites (tertiary alicyclic amines) is 1. The number of carbonyl (C=O) groups excluding carboxylic acids is 2. The first kappa shape index (κ1) is 24.0. The molecule has 6 nitrogen and oxygen atoms in total. The number of nitrogens with zero attached hydrogens (tertiary/aromatic N) is 1. The number of hydrogen-bond donors (Lipinski definition) is 0. The summed E-state index contributed by atoms with van der Waals surface area (Å²) in [7, 11) is -1.49. The smallest absolute Gasteiger partial charge is 0.412 e. The predicted octanol–water partition coefficient (Wildman–Crippen LogP) is 4.33. The molecule has 1 aliphatic heterocycles. The summed E-state index contributed by atoms with van der Waals surface area (Å²) in [5.41, 5.74) is -1.36. The monoisotopic (exact) mass is 401 g/mol. The zero-order valence-corrected chi connectivity index (χ0v) is 19.8. The highest BCUT2D eigenvalue weighted by Crippen LogP contribution is 2.46. The van der Waals surface area contributed by atoms with Crippen LogP contribution < -0.4 is 0 Å². The van der Waals surface area contributed by atoms with Crippen LogP contribution in [0.2, 0.25) is 13.1 Å². The van der Waals surface area contributed by atoms with E-state index in [1.165, 1.54) is 0 Å². The van der Waals surface area contributed by atoms with Crippen molar-refractivity contribution in [2.75, 3.05) is 13.2 Å². The summed E-state index contributed by atoms with van der Waals surface area (Å²) in [5, 5.41) is 0. The van der Waals surface area contributed by atoms with Gasteiger partial charge < -0.3 is 13.9 Å². The molecule has 0 unspecified atom stereocenters. The molecule has 0 radical (unpaired) electrons. The van der Waals surface area contributed by atoms with Crippen molar-refractivity contribution in [3.8, 4) is 0 Å². The van der Waals surface area contributed by atoms with Gasteiger partial charge in [-0.3, -0.25) is 9.69 Å². The number of carbonyl (C=O) groups is 2. The zero-order chi connectivity index (χ0) is 21.0. The van der Waals surface area contributed by atoms with Crippen molar-refractivity contribution in [3.05, 3.63) is 0 Å². The van der Waals surface area contributed by atoms with Crippen molar-refractivity contribution in [2.24, 2.45) is 11.3 Å². The van der Waals surface area contributed by atoms with E-state index in [4.69, 9.17) is 13.9 Å². The van der Waals surface area contributed by atoms with E-state index in [1.54, 1.807) is 11.8 Å². The Morgan fingerprint density at radius 2 is 1.74 bits per heavy atom. The molecule has 0 aromatic heterocycles. The van der Waals surface area contributed by atoms with E-state index in [9.17, 15) is 9.59 Å². The van der Waals surface area contributed by atoms with Gasteiger partial charge in [0.1, 0.15) is 11.3 Å². The second kappa shape index (κ2) is 8.95. The summed E-state index contributed by atoms with van der Waals surface area (Å²) < 4.78 is 17.2. The lowest BCUT2D eigenvalue weighted by Crippen LogP contribution is -2.52. The number of amides is 1. The lowest BCUT2D eigenvalue weighted by Gasteiger charge is -2.40. The van der Waals surface area contributed by atoms with Crippen molar-refractivity contribution < 1.29 is 23.5 Å². The van der Waals surface area contributed by atoms with Gasteiger partial charge >= 0.3 is 12.1 Å². The van der Waals surface area contributed by atoms with Gasteiger partial charge in [-0.1, -0.05) is 20.8 Å². The van der Waals surface area contributed by atoms with Gasteiger partial charge in [0.2, 0.25) is 0 Å². The fourth-order valence-electron chi connectivity index (χ4n) is 3.46. The van der Waals surface area contributed by atoms with Crippen LogP contribution in [0, 0.1) is 11.3 Å². The fraction of sp³-hybridized carbons (Fsp3) is 0.900. The third kappa shape index (κ3) is 7.10. The quantitative estimate of drug-likeness (QED) is 0.489. The Hall–Kier alpha value is -1.08. The Morgan fingerprint density at radius 1 is 1.15 bits per heavy atom. The maximum Gasteiger partial charge on any atom is 0.412 e. The molecule has 1 amide bonds. The fourth-order valence-corrected chi connectivity index (χ4v) is 4.68. The average molecular weight is 402 g/mol. The van der Waals surface area contributed by atoms with Gasteiger partial charge in [-0.2, -0.15) is 0 Å². The van der Waals surface area contributed by atoms with Crippen molar-refractivity contribution in [1.82, 2.24) is 4.90 Å². The van der Waals surface area contributed by atoms with E-state index in [1.807, 2.05) is 20.8 Å². The first-order valence-electron chi connectivity index (χ1n) is 10.0. The second-order valence-electron chi connectivity index (χ2n) is 9.78. The number of rotatable bonds is 6. The molecule has 1 saturated heterocycles. The number of esters is 1. The van der Waals surface area contributed by atoms with E-state index < -0.39 is 20.4 Å². The zero-order valence-electron chi connectivity index (χ0n) is 18.7. The van der Waals surface area contributed by atoms with Crippen molar-refractivity contribution in [1.29, 1.82) is 0 Å². The van der Waals surface area contributed by atoms with Crippen LogP contribution in [0.4, 0.5) is 4.79 Å². The van der Waals surface area contributed by atoms with Gasteiger partial charge in [0.15, 0.2) is 9.04 Å². The molecular formula is C20H39NO5Si. The highest BCUT2D eigenvalue weighted by atomic mass is 28.3. The average Bonchev–Trinajstić information content (AvgIpc) is 2.83. The molecule has 0 saturated carbocycles. The molecule has 158 valence electrons. The molecule has 1 heterocycles. The molecule has 0 N–H and O–H groups in total. The first-order valence-corrected chi connectivity index (χ1v) is 12.8. The largest absolute Gasteiger partial charge is 0.466 e. The predicted molar refractivity (Wildman–Crippen MR) is 109 cm³/mol. The third-order valence-corrected chi connectivity index (χ3v) is 5.69. The van der Waals surface area contributed by atoms with Crippen LogP contribution in [0.15, 0.2) is 0 Å². The Labute approximate surface area is 166 Å². The minimum atomic E-state index is -1.49. The SMILES string of the molecule is CCOC(=O)CC[C@@]1(O[SiH](C)C)C[C@H](C(C)(C)C)CN1C(=O)OC(C)(C)C. The summed E-state index contributed by atoms with van der Waals surface area (Å²) in [6.07, 6.45) is 1.00. The standard InChI is InChI=1S/C20H39NO5Si/c1-10-24-16(22)11-12-20(26-27(8)9)13-15(18(2,3)4)14-21(20)17(23)25-19(5,6)7/h15,27H,10-14H2,1-9H3/t15-,20+/m0/s1. The van der Waals surface area contributed by atoms with E-state index in [0.29, 0.717) is 26.0 Å². The Morgan fingerprint density at radius 3 is 2.19 bits per heavy atom. The topological polar surface area (TPSA) is 65.1 Å². The van der Waals surface area contributed by atoms with Gasteiger partial charge in [0, 0.05) is 13.0 Å². The summed E-state index contributed by atoms with van der Waals surface area (Å²) in [6.45, 7) is 19.0. The molecule has 0 aliphatic carbocycles. The van der Waals surface area contributed by atoms with Crippen LogP contribution in [0.3, 0.4) is 0 Å². The first-order chi connectivity index (χ1) is 12.2. The minimum absolute atomic E-state index is 0.0217. The lowest BCUT2D eigenvalue weighted by molar-refractivity contribution is -0.146. The Balaban J connectivity index is 3.19. The molecule has 1 rings (SSSR count). The van der Waals surface area contributed by atoms with Gasteiger partial charge in [-0.25, -0.2) is 4.79 Å². The van der Waals surface area contributed by atoms with E-state index in [-0.39, 0.29) is 29.8 Å². The summed E-state index contributed by atoms with van der Waals surface area (Å²) in [4.78, 5) is 26.8. The maximum absolute atomic E-state index is 13.0. The van der Waals surface area contributed by atoms with Gasteiger partial charge in [0.25, 0.3) is 0 Å². The second-order valence-corrected chi connectivity index (χ2v) is 12.1. The molecular weight excluding hydrogens is 362 g/mol. The van der Waals surface area contributed by atoms with Crippen molar-refractivity contribution in [3.63, 3.8) is 0 Å². The van der Waals surface area contributed by atoms with Crippen LogP contribution >= 0.6 is 0 Å². The summed E-state index contributed by atoms with van der Waals surface area (Å²) in [5.74, 6) is 0.00853. The number of hydrogen-bond acceptors (Lipinski definition) is 5. The van der Waals surface area contributed by atoms with Crippen LogP contribution in [-0.2, 0) is 18.7 Å². The van der Waals surface area contributed by atoms with Crippen LogP contribution in [0.1, 0.15) is 67.7 Å². The molecule has 1 fully saturated rings. The third-order valence-electron chi connectivity index (χ3n) is 4.78. The molecule has 1 aliphatic rings. The van der Waals surface area contributed by atoms with Crippen molar-refractivity contribution >= 4 is 21.1 Å². The van der Waals surface area contributed by atoms with E-state index >= 15 is 0 Å². The molecule has 2 atom stereocenters. The molecule has 0 aromatic rings. The van der Waals surface area contributed by atoms with Gasteiger partial charge in [0.05, 0.1) is 13.0 Å². The lowest BCUT2D eigenvalue weighted by atomic mass is 9.78. The highest BCUT2D eigenvalue weighted by Gasteiger charge is 2.53. The Kier molecular flexibility index (Phi) is 7.94.